The highest BCUT2D eigenvalue weighted by Gasteiger charge is 2.09. The second-order valence-corrected chi connectivity index (χ2v) is 10.6. The van der Waals surface area contributed by atoms with E-state index in [0.29, 0.717) is 19.8 Å². The smallest absolute Gasteiger partial charge is 0.0808 e. The third-order valence-corrected chi connectivity index (χ3v) is 7.05. The van der Waals surface area contributed by atoms with Gasteiger partial charge < -0.3 is 15.2 Å². The molecule has 0 radical (unpaired) electrons. The van der Waals surface area contributed by atoms with E-state index in [1.54, 1.807) is 0 Å². The van der Waals surface area contributed by atoms with E-state index in [9.17, 15) is 0 Å². The Bertz CT molecular complexity index is 350. The van der Waals surface area contributed by atoms with Crippen molar-refractivity contribution in [1.29, 1.82) is 0 Å². The molecule has 1 atom stereocenters. The molecule has 0 aromatic rings. The topological polar surface area (TPSA) is 44.5 Å². The van der Waals surface area contributed by atoms with Crippen LogP contribution in [-0.4, -0.2) is 32.5 Å². The Hall–Kier alpha value is -0.120. The summed E-state index contributed by atoms with van der Waals surface area (Å²) in [7, 11) is 0. The van der Waals surface area contributed by atoms with Gasteiger partial charge in [-0.1, -0.05) is 155 Å². The summed E-state index contributed by atoms with van der Waals surface area (Å²) < 4.78 is 11.8. The maximum absolute atomic E-state index is 6.14. The quantitative estimate of drug-likeness (QED) is 0.103. The summed E-state index contributed by atoms with van der Waals surface area (Å²) in [4.78, 5) is 0. The molecule has 0 aliphatic heterocycles. The molecule has 0 bridgehead atoms. The van der Waals surface area contributed by atoms with Crippen LogP contribution in [0.15, 0.2) is 0 Å². The SMILES string of the molecule is CCCCCCCCCCCCCCCCCCCCC(COCCN)OCCCCCCC. The van der Waals surface area contributed by atoms with E-state index in [2.05, 4.69) is 13.8 Å². The highest BCUT2D eigenvalue weighted by Crippen LogP contribution is 2.15. The van der Waals surface area contributed by atoms with Crippen LogP contribution in [0.5, 0.6) is 0 Å². The van der Waals surface area contributed by atoms with Crippen molar-refractivity contribution in [2.45, 2.75) is 174 Å². The number of hydrogen-bond acceptors (Lipinski definition) is 3. The van der Waals surface area contributed by atoms with Crippen LogP contribution in [0.25, 0.3) is 0 Å². The van der Waals surface area contributed by atoms with Gasteiger partial charge in [0.15, 0.2) is 0 Å². The zero-order valence-electron chi connectivity index (χ0n) is 23.8. The van der Waals surface area contributed by atoms with Gasteiger partial charge in [0.2, 0.25) is 0 Å². The van der Waals surface area contributed by atoms with E-state index in [1.807, 2.05) is 0 Å². The van der Waals surface area contributed by atoms with Crippen LogP contribution in [0, 0.1) is 0 Å². The van der Waals surface area contributed by atoms with Crippen LogP contribution in [0.4, 0.5) is 0 Å². The van der Waals surface area contributed by atoms with Crippen LogP contribution in [0.2, 0.25) is 0 Å². The molecular formula is C31H65NO2. The summed E-state index contributed by atoms with van der Waals surface area (Å²) in [6.07, 6.45) is 33.5. The van der Waals surface area contributed by atoms with Gasteiger partial charge in [0.05, 0.1) is 19.3 Å². The van der Waals surface area contributed by atoms with Crippen LogP contribution >= 0.6 is 0 Å². The summed E-state index contributed by atoms with van der Waals surface area (Å²) in [6, 6.07) is 0. The van der Waals surface area contributed by atoms with Crippen LogP contribution in [0.3, 0.4) is 0 Å². The second-order valence-electron chi connectivity index (χ2n) is 10.6. The maximum Gasteiger partial charge on any atom is 0.0808 e. The summed E-state index contributed by atoms with van der Waals surface area (Å²) in [5.41, 5.74) is 5.57. The molecule has 34 heavy (non-hydrogen) atoms. The van der Waals surface area contributed by atoms with Gasteiger partial charge in [0.25, 0.3) is 0 Å². The van der Waals surface area contributed by atoms with Gasteiger partial charge in [-0.2, -0.15) is 0 Å². The monoisotopic (exact) mass is 484 g/mol. The van der Waals surface area contributed by atoms with Gasteiger partial charge >= 0.3 is 0 Å². The van der Waals surface area contributed by atoms with E-state index in [-0.39, 0.29) is 6.10 Å². The van der Waals surface area contributed by atoms with E-state index in [0.717, 1.165) is 13.0 Å². The Kier molecular flexibility index (Phi) is 30.8. The zero-order chi connectivity index (χ0) is 24.8. The van der Waals surface area contributed by atoms with Gasteiger partial charge in [-0.25, -0.2) is 0 Å². The molecule has 0 aromatic carbocycles. The van der Waals surface area contributed by atoms with Crippen LogP contribution in [0.1, 0.15) is 168 Å². The Balaban J connectivity index is 3.43. The normalized spacial score (nSPS) is 12.4. The molecule has 0 fully saturated rings. The molecule has 3 nitrogen and oxygen atoms in total. The maximum atomic E-state index is 6.14. The highest BCUT2D eigenvalue weighted by atomic mass is 16.5. The number of ether oxygens (including phenoxy) is 2. The fourth-order valence-corrected chi connectivity index (χ4v) is 4.74. The molecule has 0 spiro atoms. The highest BCUT2D eigenvalue weighted by molar-refractivity contribution is 4.59. The summed E-state index contributed by atoms with van der Waals surface area (Å²) in [5, 5.41) is 0. The van der Waals surface area contributed by atoms with Crippen molar-refractivity contribution < 1.29 is 9.47 Å². The lowest BCUT2D eigenvalue weighted by Crippen LogP contribution is -2.22. The van der Waals surface area contributed by atoms with Crippen molar-refractivity contribution >= 4 is 0 Å². The first kappa shape index (κ1) is 33.9. The van der Waals surface area contributed by atoms with Crippen molar-refractivity contribution in [2.75, 3.05) is 26.4 Å². The predicted molar refractivity (Wildman–Crippen MR) is 152 cm³/mol. The lowest BCUT2D eigenvalue weighted by molar-refractivity contribution is -0.0210. The standard InChI is InChI=1S/C31H65NO2/c1-3-5-7-9-10-11-12-13-14-15-16-17-18-19-20-21-22-24-26-31(30-33-29-27-32)34-28-25-23-8-6-4-2/h31H,3-30,32H2,1-2H3. The number of hydrogen-bond donors (Lipinski definition) is 1. The fourth-order valence-electron chi connectivity index (χ4n) is 4.74. The average molecular weight is 484 g/mol. The Morgan fingerprint density at radius 2 is 0.853 bits per heavy atom. The van der Waals surface area contributed by atoms with Crippen molar-refractivity contribution in [3.63, 3.8) is 0 Å². The molecule has 0 aliphatic rings. The summed E-state index contributed by atoms with van der Waals surface area (Å²) in [5.74, 6) is 0. The number of unbranched alkanes of at least 4 members (excludes halogenated alkanes) is 21. The van der Waals surface area contributed by atoms with Crippen molar-refractivity contribution in [3.8, 4) is 0 Å². The molecule has 0 saturated heterocycles. The van der Waals surface area contributed by atoms with E-state index >= 15 is 0 Å². The molecule has 3 heteroatoms. The van der Waals surface area contributed by atoms with Crippen molar-refractivity contribution in [2.24, 2.45) is 5.73 Å². The molecule has 0 heterocycles. The Morgan fingerprint density at radius 1 is 0.471 bits per heavy atom. The lowest BCUT2D eigenvalue weighted by Gasteiger charge is -2.18. The molecule has 0 rings (SSSR count). The van der Waals surface area contributed by atoms with Gasteiger partial charge in [-0.3, -0.25) is 0 Å². The van der Waals surface area contributed by atoms with E-state index in [1.165, 1.54) is 148 Å². The largest absolute Gasteiger partial charge is 0.377 e. The first-order valence-electron chi connectivity index (χ1n) is 15.7. The third-order valence-electron chi connectivity index (χ3n) is 7.05. The van der Waals surface area contributed by atoms with Gasteiger partial charge in [-0.15, -0.1) is 0 Å². The molecule has 0 amide bonds. The number of rotatable bonds is 30. The minimum atomic E-state index is 0.263. The first-order valence-corrected chi connectivity index (χ1v) is 15.7. The van der Waals surface area contributed by atoms with E-state index in [4.69, 9.17) is 15.2 Å². The molecule has 1 unspecified atom stereocenters. The van der Waals surface area contributed by atoms with Crippen molar-refractivity contribution in [1.82, 2.24) is 0 Å². The van der Waals surface area contributed by atoms with Gasteiger partial charge in [0, 0.05) is 13.2 Å². The van der Waals surface area contributed by atoms with Gasteiger partial charge in [-0.05, 0) is 12.8 Å². The summed E-state index contributed by atoms with van der Waals surface area (Å²) in [6.45, 7) is 7.41. The third kappa shape index (κ3) is 28.1. The minimum absolute atomic E-state index is 0.263. The lowest BCUT2D eigenvalue weighted by atomic mass is 10.0. The molecule has 0 aromatic heterocycles. The molecule has 2 N–H and O–H groups in total. The predicted octanol–water partition coefficient (Wildman–Crippen LogP) is 9.75. The molecule has 0 saturated carbocycles. The molecule has 206 valence electrons. The summed E-state index contributed by atoms with van der Waals surface area (Å²) >= 11 is 0. The Labute approximate surface area is 215 Å². The number of nitrogens with two attached hydrogens (primary N) is 1. The fraction of sp³-hybridized carbons (Fsp3) is 1.00. The van der Waals surface area contributed by atoms with Crippen LogP contribution in [-0.2, 0) is 9.47 Å². The van der Waals surface area contributed by atoms with Crippen molar-refractivity contribution in [3.05, 3.63) is 0 Å². The second kappa shape index (κ2) is 30.9. The first-order chi connectivity index (χ1) is 16.8. The van der Waals surface area contributed by atoms with Gasteiger partial charge in [0.1, 0.15) is 0 Å². The average Bonchev–Trinajstić information content (AvgIpc) is 2.85. The molecule has 0 aliphatic carbocycles. The minimum Gasteiger partial charge on any atom is -0.377 e. The zero-order valence-corrected chi connectivity index (χ0v) is 23.8. The molecular weight excluding hydrogens is 418 g/mol. The van der Waals surface area contributed by atoms with E-state index < -0.39 is 0 Å². The Morgan fingerprint density at radius 3 is 1.26 bits per heavy atom. The van der Waals surface area contributed by atoms with Crippen LogP contribution < -0.4 is 5.73 Å².